The van der Waals surface area contributed by atoms with Crippen molar-refractivity contribution in [3.05, 3.63) is 68.9 Å². The second kappa shape index (κ2) is 9.58. The molecule has 0 radical (unpaired) electrons. The van der Waals surface area contributed by atoms with Crippen molar-refractivity contribution >= 4 is 47.1 Å². The summed E-state index contributed by atoms with van der Waals surface area (Å²) in [5, 5.41) is -0.0454. The average molecular weight is 569 g/mol. The maximum Gasteiger partial charge on any atom is 0.315 e. The van der Waals surface area contributed by atoms with Crippen molar-refractivity contribution in [1.29, 1.82) is 0 Å². The number of nitrogens with zero attached hydrogens (tertiary/aromatic N) is 3. The number of hydrogen-bond acceptors (Lipinski definition) is 8. The lowest BCUT2D eigenvalue weighted by atomic mass is 9.60. The molecule has 3 aliphatic heterocycles. The molecule has 1 spiro atoms. The van der Waals surface area contributed by atoms with Crippen LogP contribution in [0.2, 0.25) is 0 Å². The minimum Gasteiger partial charge on any atom is -0.457 e. The second-order valence-electron chi connectivity index (χ2n) is 10.6. The standard InChI is InChI=1S/C28H23ClF2N4O5/c29-18-10-33-9-16-23(15-6-13(36)7-19(30)24(15)18)17(11-35-22(38)8-28(25(16)35)4-1-5-28)27(39)40-12-20(37)14-2-3-21(32)34-26(14)31/h2-3,6-7,10,17,25H,1,4-5,8-9,11-12H2,(H2,32,34)/b24-18-,33-10?. The van der Waals surface area contributed by atoms with Crippen LogP contribution in [0.25, 0.3) is 0 Å². The molecule has 206 valence electrons. The highest BCUT2D eigenvalue weighted by molar-refractivity contribution is 6.40. The lowest BCUT2D eigenvalue weighted by molar-refractivity contribution is -0.148. The number of carbonyl (C=O) groups excluding carboxylic acids is 4. The smallest absolute Gasteiger partial charge is 0.315 e. The highest BCUT2D eigenvalue weighted by Crippen LogP contribution is 2.58. The molecule has 9 nitrogen and oxygen atoms in total. The summed E-state index contributed by atoms with van der Waals surface area (Å²) < 4.78 is 34.7. The van der Waals surface area contributed by atoms with Crippen molar-refractivity contribution in [3.63, 3.8) is 0 Å². The number of esters is 1. The van der Waals surface area contributed by atoms with Gasteiger partial charge >= 0.3 is 5.97 Å². The van der Waals surface area contributed by atoms with Crippen LogP contribution in [0.5, 0.6) is 0 Å². The quantitative estimate of drug-likeness (QED) is 0.335. The van der Waals surface area contributed by atoms with E-state index in [0.717, 1.165) is 31.4 Å². The highest BCUT2D eigenvalue weighted by Gasteiger charge is 2.59. The molecule has 1 amide bonds. The molecule has 2 fully saturated rings. The summed E-state index contributed by atoms with van der Waals surface area (Å²) in [6.45, 7) is -0.840. The molecule has 4 heterocycles. The molecule has 0 bridgehead atoms. The zero-order valence-electron chi connectivity index (χ0n) is 21.1. The number of rotatable bonds is 4. The molecule has 6 rings (SSSR count). The average Bonchev–Trinajstić information content (AvgIpc) is 3.18. The fourth-order valence-electron chi connectivity index (χ4n) is 6.50. The fourth-order valence-corrected chi connectivity index (χ4v) is 6.76. The maximum atomic E-state index is 15.2. The van der Waals surface area contributed by atoms with Gasteiger partial charge in [-0.1, -0.05) is 18.0 Å². The number of fused-ring (bicyclic) bond motifs is 5. The molecule has 1 aromatic rings. The van der Waals surface area contributed by atoms with E-state index in [-0.39, 0.29) is 52.4 Å². The van der Waals surface area contributed by atoms with Crippen LogP contribution in [0.4, 0.5) is 14.6 Å². The van der Waals surface area contributed by atoms with Gasteiger partial charge in [-0.2, -0.15) is 4.39 Å². The number of hydrogen-bond donors (Lipinski definition) is 1. The lowest BCUT2D eigenvalue weighted by Crippen LogP contribution is -2.53. The number of amides is 1. The molecular formula is C28H23ClF2N4O5. The summed E-state index contributed by atoms with van der Waals surface area (Å²) in [6, 6.07) is 2.00. The van der Waals surface area contributed by atoms with Crippen LogP contribution in [-0.4, -0.2) is 65.3 Å². The molecule has 1 saturated carbocycles. The number of allylic oxidation sites excluding steroid dienone is 6. The van der Waals surface area contributed by atoms with Crippen LogP contribution in [-0.2, 0) is 19.1 Å². The van der Waals surface area contributed by atoms with Gasteiger partial charge in [0.05, 0.1) is 23.2 Å². The number of aromatic nitrogens is 1. The van der Waals surface area contributed by atoms with Crippen LogP contribution in [0.15, 0.2) is 62.4 Å². The van der Waals surface area contributed by atoms with E-state index in [1.165, 1.54) is 18.4 Å². The lowest BCUT2D eigenvalue weighted by Gasteiger charge is -2.49. The normalized spacial score (nSPS) is 26.7. The van der Waals surface area contributed by atoms with E-state index in [4.69, 9.17) is 22.1 Å². The third kappa shape index (κ3) is 4.11. The summed E-state index contributed by atoms with van der Waals surface area (Å²) in [5.41, 5.74) is 5.68. The molecule has 2 atom stereocenters. The van der Waals surface area contributed by atoms with Gasteiger partial charge in [0.2, 0.25) is 17.6 Å². The molecule has 40 heavy (non-hydrogen) atoms. The van der Waals surface area contributed by atoms with Gasteiger partial charge in [-0.15, -0.1) is 0 Å². The van der Waals surface area contributed by atoms with Gasteiger partial charge in [-0.3, -0.25) is 24.2 Å². The van der Waals surface area contributed by atoms with Gasteiger partial charge in [0.1, 0.15) is 17.6 Å². The first-order valence-electron chi connectivity index (χ1n) is 12.8. The molecule has 12 heteroatoms. The topological polar surface area (TPSA) is 132 Å². The number of nitrogens with two attached hydrogens (primary N) is 1. The second-order valence-corrected chi connectivity index (χ2v) is 11.0. The van der Waals surface area contributed by atoms with E-state index >= 15 is 4.39 Å². The number of nitrogen functional groups attached to an aromatic ring is 1. The van der Waals surface area contributed by atoms with Crippen molar-refractivity contribution in [2.24, 2.45) is 16.3 Å². The van der Waals surface area contributed by atoms with Crippen molar-refractivity contribution in [3.8, 4) is 0 Å². The minimum absolute atomic E-state index is 0.0454. The Morgan fingerprint density at radius 2 is 1.98 bits per heavy atom. The Kier molecular flexibility index (Phi) is 6.29. The molecule has 2 unspecified atom stereocenters. The fraction of sp³-hybridized carbons (Fsp3) is 0.357. The largest absolute Gasteiger partial charge is 0.457 e. The van der Waals surface area contributed by atoms with Crippen LogP contribution in [0.1, 0.15) is 36.0 Å². The number of Topliss-reactive ketones (excluding diaryl/α,β-unsaturated/α-hetero) is 1. The monoisotopic (exact) mass is 568 g/mol. The van der Waals surface area contributed by atoms with Gasteiger partial charge in [-0.25, -0.2) is 9.37 Å². The van der Waals surface area contributed by atoms with E-state index in [1.807, 2.05) is 0 Å². The number of aliphatic imine (C=N–C) groups is 1. The molecule has 2 N–H and O–H groups in total. The number of carbonyl (C=O) groups is 4. The van der Waals surface area contributed by atoms with Crippen molar-refractivity contribution in [2.75, 3.05) is 25.4 Å². The SMILES string of the molecule is Nc1ccc(C(=O)COC(=O)C2CN3C(=O)CC4(CCC4)C3C3=C2C2=CC(=O)C=C(F)/C2=C(\Cl)C=NC3)c(F)n1. The summed E-state index contributed by atoms with van der Waals surface area (Å²) >= 11 is 6.39. The Bertz CT molecular complexity index is 1560. The molecule has 0 aromatic carbocycles. The third-order valence-corrected chi connectivity index (χ3v) is 8.61. The first-order chi connectivity index (χ1) is 19.1. The highest BCUT2D eigenvalue weighted by atomic mass is 35.5. The predicted molar refractivity (Wildman–Crippen MR) is 139 cm³/mol. The predicted octanol–water partition coefficient (Wildman–Crippen LogP) is 3.17. The Labute approximate surface area is 232 Å². The van der Waals surface area contributed by atoms with Gasteiger partial charge < -0.3 is 15.4 Å². The van der Waals surface area contributed by atoms with Crippen molar-refractivity contribution < 1.29 is 32.7 Å². The Hall–Kier alpha value is -3.99. The van der Waals surface area contributed by atoms with Crippen LogP contribution in [0, 0.1) is 17.3 Å². The van der Waals surface area contributed by atoms with Gasteiger partial charge in [0.25, 0.3) is 0 Å². The Morgan fingerprint density at radius 3 is 2.67 bits per heavy atom. The van der Waals surface area contributed by atoms with E-state index in [1.54, 1.807) is 4.90 Å². The van der Waals surface area contributed by atoms with E-state index in [0.29, 0.717) is 17.6 Å². The first-order valence-corrected chi connectivity index (χ1v) is 13.2. The summed E-state index contributed by atoms with van der Waals surface area (Å²) in [4.78, 5) is 61.4. The number of pyridine rings is 1. The van der Waals surface area contributed by atoms with Crippen molar-refractivity contribution in [1.82, 2.24) is 9.88 Å². The van der Waals surface area contributed by atoms with Crippen molar-refractivity contribution in [2.45, 2.75) is 31.7 Å². The maximum absolute atomic E-state index is 15.2. The molecule has 5 aliphatic rings. The zero-order chi connectivity index (χ0) is 28.3. The van der Waals surface area contributed by atoms with Crippen LogP contribution < -0.4 is 5.73 Å². The van der Waals surface area contributed by atoms with E-state index in [2.05, 4.69) is 9.98 Å². The van der Waals surface area contributed by atoms with Gasteiger partial charge in [0.15, 0.2) is 12.4 Å². The number of anilines is 1. The molecule has 2 aliphatic carbocycles. The van der Waals surface area contributed by atoms with Gasteiger partial charge in [-0.05, 0) is 47.8 Å². The minimum atomic E-state index is -1.18. The number of ether oxygens (including phenoxy) is 1. The van der Waals surface area contributed by atoms with E-state index in [9.17, 15) is 23.6 Å². The van der Waals surface area contributed by atoms with Crippen LogP contribution >= 0.6 is 11.6 Å². The summed E-state index contributed by atoms with van der Waals surface area (Å²) in [7, 11) is 0. The number of halogens is 3. The summed E-state index contributed by atoms with van der Waals surface area (Å²) in [5.74, 6) is -5.76. The molecule has 1 aromatic heterocycles. The third-order valence-electron chi connectivity index (χ3n) is 8.33. The Balaban J connectivity index is 1.42. The van der Waals surface area contributed by atoms with Crippen LogP contribution in [0.3, 0.4) is 0 Å². The Morgan fingerprint density at radius 1 is 1.20 bits per heavy atom. The zero-order valence-corrected chi connectivity index (χ0v) is 21.8. The summed E-state index contributed by atoms with van der Waals surface area (Å²) in [6.07, 6.45) is 6.19. The number of ketones is 2. The molecule has 1 saturated heterocycles. The first kappa shape index (κ1) is 26.2. The van der Waals surface area contributed by atoms with E-state index < -0.39 is 47.4 Å². The molecular weight excluding hydrogens is 546 g/mol. The van der Waals surface area contributed by atoms with Gasteiger partial charge in [0, 0.05) is 36.2 Å².